The summed E-state index contributed by atoms with van der Waals surface area (Å²) in [4.78, 5) is 0. The molecule has 0 spiro atoms. The van der Waals surface area contributed by atoms with E-state index in [0.29, 0.717) is 0 Å². The maximum absolute atomic E-state index is 6.48. The first-order chi connectivity index (χ1) is 26.8. The number of benzene rings is 6. The number of halogens is 4. The summed E-state index contributed by atoms with van der Waals surface area (Å²) in [6, 6.07) is 47.2. The fraction of sp³-hybridized carbons (Fsp3) is 0.226. The maximum atomic E-state index is 6.48. The second-order valence-electron chi connectivity index (χ2n) is 17.6. The van der Waals surface area contributed by atoms with E-state index in [4.69, 9.17) is 23.2 Å². The van der Waals surface area contributed by atoms with Crippen LogP contribution in [0.5, 0.6) is 0 Å². The third-order valence-corrected chi connectivity index (χ3v) is 19.6. The van der Waals surface area contributed by atoms with E-state index in [1.54, 1.807) is 15.3 Å². The first-order valence-electron chi connectivity index (χ1n) is 19.9. The molecule has 0 unspecified atom stereocenters. The minimum atomic E-state index is -2.97. The molecule has 0 amide bonds. The Morgan fingerprint density at radius 2 is 1.10 bits per heavy atom. The van der Waals surface area contributed by atoms with Crippen LogP contribution >= 0.6 is 48.0 Å². The zero-order valence-corrected chi connectivity index (χ0v) is 39.9. The van der Waals surface area contributed by atoms with Gasteiger partial charge in [-0.25, -0.2) is 0 Å². The van der Waals surface area contributed by atoms with Gasteiger partial charge in [0.2, 0.25) is 0 Å². The van der Waals surface area contributed by atoms with Crippen LogP contribution in [0.25, 0.3) is 33.4 Å². The van der Waals surface area contributed by atoms with Crippen molar-refractivity contribution in [1.29, 1.82) is 0 Å². The third-order valence-electron chi connectivity index (χ3n) is 11.5. The van der Waals surface area contributed by atoms with E-state index < -0.39 is 21.3 Å². The van der Waals surface area contributed by atoms with Crippen molar-refractivity contribution in [2.45, 2.75) is 78.1 Å². The van der Waals surface area contributed by atoms with Gasteiger partial charge in [0, 0.05) is 0 Å². The minimum absolute atomic E-state index is 0. The average Bonchev–Trinajstić information content (AvgIpc) is 3.84. The molecule has 2 aliphatic rings. The molecule has 5 heteroatoms. The van der Waals surface area contributed by atoms with Gasteiger partial charge in [0.1, 0.15) is 0 Å². The van der Waals surface area contributed by atoms with Gasteiger partial charge < -0.3 is 0 Å². The van der Waals surface area contributed by atoms with Crippen LogP contribution in [0.3, 0.4) is 0 Å². The molecule has 0 nitrogen and oxygen atoms in total. The van der Waals surface area contributed by atoms with Gasteiger partial charge >= 0.3 is 355 Å². The van der Waals surface area contributed by atoms with Gasteiger partial charge in [-0.05, 0) is 0 Å². The number of hydrogen-bond donors (Lipinski definition) is 0. The maximum Gasteiger partial charge on any atom is -0.147 e. The molecule has 0 fully saturated rings. The summed E-state index contributed by atoms with van der Waals surface area (Å²) < 4.78 is 4.98. The smallest absolute Gasteiger partial charge is 0.147 e. The second kappa shape index (κ2) is 18.1. The summed E-state index contributed by atoms with van der Waals surface area (Å²) in [5.74, 6) is 0. The SMILES string of the molecule is CC(C)(C)c1cc2c(cc1-c1ccccc1)Cc1c-2cc(C(C)(C)C)c(-c2ccccc2)[c]1[Zr]([C]1=CC=CC1)=[C](Cc1ccc(Cl)cc1)Cc1ccc(Cl)cc1.Cl.Cl. The summed E-state index contributed by atoms with van der Waals surface area (Å²) >= 11 is 9.98. The van der Waals surface area contributed by atoms with E-state index >= 15 is 0 Å². The van der Waals surface area contributed by atoms with Crippen LogP contribution in [0, 0.1) is 0 Å². The number of fused-ring (bicyclic) bond motifs is 3. The summed E-state index contributed by atoms with van der Waals surface area (Å²) in [5.41, 5.74) is 16.6. The van der Waals surface area contributed by atoms with Crippen LogP contribution in [0.2, 0.25) is 10.0 Å². The van der Waals surface area contributed by atoms with Gasteiger partial charge in [-0.15, -0.1) is 24.8 Å². The van der Waals surface area contributed by atoms with Gasteiger partial charge in [-0.3, -0.25) is 0 Å². The van der Waals surface area contributed by atoms with Gasteiger partial charge in [0.25, 0.3) is 0 Å². The fourth-order valence-electron chi connectivity index (χ4n) is 8.76. The topological polar surface area (TPSA) is 0 Å². The van der Waals surface area contributed by atoms with Crippen molar-refractivity contribution in [3.63, 3.8) is 0 Å². The Bertz CT molecular complexity index is 2460. The molecule has 0 aromatic heterocycles. The molecular weight excluding hydrogens is 870 g/mol. The van der Waals surface area contributed by atoms with Crippen molar-refractivity contribution in [1.82, 2.24) is 0 Å². The Labute approximate surface area is 376 Å². The first-order valence-corrected chi connectivity index (χ1v) is 24.4. The third kappa shape index (κ3) is 9.21. The standard InChI is InChI=1S/C33H33.C15H12Cl2.C5H5.2ClH.Zr/c1-32(2,3)30-20-26-24(18-28(30)22-13-9-7-10-14-22)17-25-19-29(23-15-11-8-12-16-23)31(21-27(25)26)33(4,5)6;16-14-8-4-12(5-9-14)2-1-3-13-6-10-15(17)11-7-13;1-2-4-5-3-1;;;/h7-16,18,20-21H,17H2,1-6H3;4-11H,2-3H2;1-3H,4H2;2*1H;. The van der Waals surface area contributed by atoms with Gasteiger partial charge in [0.05, 0.1) is 0 Å². The quantitative estimate of drug-likeness (QED) is 0.142. The van der Waals surface area contributed by atoms with Crippen molar-refractivity contribution in [2.24, 2.45) is 0 Å². The molecule has 0 N–H and O–H groups in total. The summed E-state index contributed by atoms with van der Waals surface area (Å²) in [6.07, 6.45) is 11.0. The number of rotatable bonds is 8. The van der Waals surface area contributed by atoms with Gasteiger partial charge in [-0.2, -0.15) is 0 Å². The Kier molecular flexibility index (Phi) is 13.8. The first kappa shape index (κ1) is 44.3. The monoisotopic (exact) mass is 918 g/mol. The van der Waals surface area contributed by atoms with E-state index in [-0.39, 0.29) is 35.6 Å². The van der Waals surface area contributed by atoms with Crippen molar-refractivity contribution >= 4 is 54.5 Å². The van der Waals surface area contributed by atoms with E-state index in [1.807, 2.05) is 0 Å². The van der Waals surface area contributed by atoms with Crippen LogP contribution < -0.4 is 3.27 Å². The molecule has 0 atom stereocenters. The molecule has 0 radical (unpaired) electrons. The molecule has 8 rings (SSSR count). The normalized spacial score (nSPS) is 12.9. The minimum Gasteiger partial charge on any atom is -0.147 e. The van der Waals surface area contributed by atoms with E-state index in [0.717, 1.165) is 35.7 Å². The Hall–Kier alpha value is -3.29. The average molecular weight is 922 g/mol. The Morgan fingerprint density at radius 1 is 0.586 bits per heavy atom. The van der Waals surface area contributed by atoms with Crippen LogP contribution in [-0.2, 0) is 51.4 Å². The van der Waals surface area contributed by atoms with Crippen molar-refractivity contribution in [3.8, 4) is 33.4 Å². The molecule has 6 aromatic carbocycles. The van der Waals surface area contributed by atoms with Gasteiger partial charge in [0.15, 0.2) is 0 Å². The Balaban J connectivity index is 0.00000283. The molecule has 6 aromatic rings. The van der Waals surface area contributed by atoms with Crippen LogP contribution in [0.1, 0.15) is 81.3 Å². The van der Waals surface area contributed by atoms with E-state index in [2.05, 4.69) is 187 Å². The fourth-order valence-corrected chi connectivity index (χ4v) is 17.7. The predicted molar refractivity (Wildman–Crippen MR) is 254 cm³/mol. The zero-order valence-electron chi connectivity index (χ0n) is 34.3. The largest absolute Gasteiger partial charge is 0.147 e. The van der Waals surface area contributed by atoms with Crippen LogP contribution in [0.4, 0.5) is 0 Å². The number of allylic oxidation sites excluding steroid dienone is 4. The van der Waals surface area contributed by atoms with Crippen molar-refractivity contribution in [3.05, 3.63) is 192 Å². The van der Waals surface area contributed by atoms with Crippen molar-refractivity contribution < 1.29 is 21.3 Å². The van der Waals surface area contributed by atoms with Crippen molar-refractivity contribution in [2.75, 3.05) is 0 Å². The predicted octanol–water partition coefficient (Wildman–Crippen LogP) is 15.1. The molecule has 296 valence electrons. The summed E-state index contributed by atoms with van der Waals surface area (Å²) in [7, 11) is 0. The Morgan fingerprint density at radius 3 is 1.60 bits per heavy atom. The van der Waals surface area contributed by atoms with Crippen LogP contribution in [-0.4, -0.2) is 3.21 Å². The van der Waals surface area contributed by atoms with Gasteiger partial charge in [-0.1, -0.05) is 0 Å². The molecule has 2 aliphatic carbocycles. The van der Waals surface area contributed by atoms with E-state index in [9.17, 15) is 0 Å². The summed E-state index contributed by atoms with van der Waals surface area (Å²) in [5, 5.41) is 1.55. The molecule has 0 bridgehead atoms. The second-order valence-corrected chi connectivity index (χ2v) is 24.8. The number of hydrogen-bond acceptors (Lipinski definition) is 0. The molecular formula is C53H52Cl4Zr. The van der Waals surface area contributed by atoms with Crippen LogP contribution in [0.15, 0.2) is 149 Å². The molecule has 0 saturated heterocycles. The molecule has 0 heterocycles. The molecule has 58 heavy (non-hydrogen) atoms. The molecule has 0 aliphatic heterocycles. The zero-order chi connectivity index (χ0) is 39.2. The molecule has 0 saturated carbocycles. The summed E-state index contributed by atoms with van der Waals surface area (Å²) in [6.45, 7) is 14.3. The van der Waals surface area contributed by atoms with E-state index in [1.165, 1.54) is 61.2 Å².